The van der Waals surface area contributed by atoms with Gasteiger partial charge in [0.15, 0.2) is 0 Å². The predicted molar refractivity (Wildman–Crippen MR) is 69.3 cm³/mol. The minimum Gasteiger partial charge on any atom is -0.455 e. The van der Waals surface area contributed by atoms with E-state index in [4.69, 9.17) is 15.7 Å². The summed E-state index contributed by atoms with van der Waals surface area (Å²) in [5, 5.41) is 8.76. The van der Waals surface area contributed by atoms with Crippen molar-refractivity contribution in [3.63, 3.8) is 0 Å². The minimum atomic E-state index is 0.316. The number of nitrogens with two attached hydrogens (primary N) is 1. The quantitative estimate of drug-likeness (QED) is 0.836. The lowest BCUT2D eigenvalue weighted by Gasteiger charge is -2.09. The Morgan fingerprint density at radius 2 is 2.17 bits per heavy atom. The normalized spacial score (nSPS) is 9.78. The highest BCUT2D eigenvalue weighted by molar-refractivity contribution is 5.55. The van der Waals surface area contributed by atoms with Crippen molar-refractivity contribution in [1.29, 1.82) is 5.26 Å². The third-order valence-corrected chi connectivity index (χ3v) is 2.56. The van der Waals surface area contributed by atoms with Crippen LogP contribution in [0.15, 0.2) is 36.5 Å². The van der Waals surface area contributed by atoms with Gasteiger partial charge in [0.05, 0.1) is 5.69 Å². The van der Waals surface area contributed by atoms with Crippen molar-refractivity contribution < 1.29 is 4.74 Å². The van der Waals surface area contributed by atoms with E-state index in [2.05, 4.69) is 11.9 Å². The second kappa shape index (κ2) is 5.19. The smallest absolute Gasteiger partial charge is 0.150 e. The van der Waals surface area contributed by atoms with Gasteiger partial charge in [-0.05, 0) is 30.2 Å². The van der Waals surface area contributed by atoms with E-state index < -0.39 is 0 Å². The number of aryl methyl sites for hydroxylation is 1. The number of hydrogen-bond acceptors (Lipinski definition) is 4. The minimum absolute atomic E-state index is 0.316. The van der Waals surface area contributed by atoms with Crippen LogP contribution in [0.2, 0.25) is 0 Å². The van der Waals surface area contributed by atoms with Crippen LogP contribution in [0, 0.1) is 11.3 Å². The van der Waals surface area contributed by atoms with E-state index in [0.29, 0.717) is 22.9 Å². The maximum Gasteiger partial charge on any atom is 0.150 e. The first-order valence-corrected chi connectivity index (χ1v) is 5.65. The molecule has 0 spiro atoms. The summed E-state index contributed by atoms with van der Waals surface area (Å²) in [5.41, 5.74) is 7.97. The lowest BCUT2D eigenvalue weighted by atomic mass is 10.1. The van der Waals surface area contributed by atoms with Crippen LogP contribution in [0.5, 0.6) is 11.5 Å². The van der Waals surface area contributed by atoms with Gasteiger partial charge in [0, 0.05) is 12.3 Å². The second-order valence-corrected chi connectivity index (χ2v) is 3.82. The Balaban J connectivity index is 2.26. The summed E-state index contributed by atoms with van der Waals surface area (Å²) in [6.45, 7) is 2.07. The highest BCUT2D eigenvalue weighted by Crippen LogP contribution is 2.28. The number of anilines is 1. The number of nitrogens with zero attached hydrogens (tertiary/aromatic N) is 2. The summed E-state index contributed by atoms with van der Waals surface area (Å²) in [6, 6.07) is 10.9. The van der Waals surface area contributed by atoms with Crippen molar-refractivity contribution >= 4 is 5.69 Å². The van der Waals surface area contributed by atoms with E-state index in [1.807, 2.05) is 24.3 Å². The van der Waals surface area contributed by atoms with Gasteiger partial charge < -0.3 is 10.5 Å². The predicted octanol–water partition coefficient (Wildman–Crippen LogP) is 2.89. The Kier molecular flexibility index (Phi) is 3.44. The van der Waals surface area contributed by atoms with E-state index >= 15 is 0 Å². The van der Waals surface area contributed by atoms with Crippen LogP contribution in [-0.2, 0) is 6.42 Å². The average Bonchev–Trinajstić information content (AvgIpc) is 2.41. The van der Waals surface area contributed by atoms with Gasteiger partial charge in [-0.2, -0.15) is 5.26 Å². The monoisotopic (exact) mass is 239 g/mol. The van der Waals surface area contributed by atoms with Gasteiger partial charge in [-0.1, -0.05) is 13.0 Å². The van der Waals surface area contributed by atoms with Gasteiger partial charge in [0.1, 0.15) is 23.3 Å². The first kappa shape index (κ1) is 11.9. The Bertz CT molecular complexity index is 602. The van der Waals surface area contributed by atoms with Crippen molar-refractivity contribution in [2.45, 2.75) is 13.3 Å². The molecule has 0 aliphatic rings. The Hall–Kier alpha value is -2.54. The second-order valence-electron chi connectivity index (χ2n) is 3.82. The third kappa shape index (κ3) is 2.58. The zero-order valence-electron chi connectivity index (χ0n) is 10.1. The molecule has 0 unspecified atom stereocenters. The van der Waals surface area contributed by atoms with E-state index in [0.717, 1.165) is 12.0 Å². The molecule has 2 aromatic rings. The fourth-order valence-corrected chi connectivity index (χ4v) is 1.57. The van der Waals surface area contributed by atoms with Gasteiger partial charge in [0.2, 0.25) is 0 Å². The molecule has 1 aromatic carbocycles. The number of hydrogen-bond donors (Lipinski definition) is 1. The van der Waals surface area contributed by atoms with Gasteiger partial charge in [-0.3, -0.25) is 0 Å². The fourth-order valence-electron chi connectivity index (χ4n) is 1.57. The average molecular weight is 239 g/mol. The molecule has 0 atom stereocenters. The molecule has 90 valence electrons. The maximum atomic E-state index is 8.76. The van der Waals surface area contributed by atoms with Crippen LogP contribution in [-0.4, -0.2) is 4.98 Å². The fraction of sp³-hybridized carbons (Fsp3) is 0.143. The molecule has 0 amide bonds. The molecule has 0 radical (unpaired) electrons. The number of rotatable bonds is 3. The molecule has 0 aliphatic carbocycles. The first-order chi connectivity index (χ1) is 8.72. The summed E-state index contributed by atoms with van der Waals surface area (Å²) >= 11 is 0. The van der Waals surface area contributed by atoms with E-state index in [1.54, 1.807) is 12.1 Å². The molecular weight excluding hydrogens is 226 g/mol. The number of pyridine rings is 1. The van der Waals surface area contributed by atoms with Crippen LogP contribution < -0.4 is 10.5 Å². The summed E-state index contributed by atoms with van der Waals surface area (Å²) < 4.78 is 5.64. The van der Waals surface area contributed by atoms with Gasteiger partial charge >= 0.3 is 0 Å². The number of nitrogen functional groups attached to an aromatic ring is 1. The molecule has 4 heteroatoms. The molecule has 1 aromatic heterocycles. The van der Waals surface area contributed by atoms with Gasteiger partial charge in [-0.25, -0.2) is 4.98 Å². The van der Waals surface area contributed by atoms with Gasteiger partial charge in [-0.15, -0.1) is 0 Å². The maximum absolute atomic E-state index is 8.76. The van der Waals surface area contributed by atoms with E-state index in [-0.39, 0.29) is 0 Å². The highest BCUT2D eigenvalue weighted by atomic mass is 16.5. The largest absolute Gasteiger partial charge is 0.455 e. The number of aromatic nitrogens is 1. The molecule has 2 rings (SSSR count). The van der Waals surface area contributed by atoms with Gasteiger partial charge in [0.25, 0.3) is 0 Å². The summed E-state index contributed by atoms with van der Waals surface area (Å²) in [4.78, 5) is 3.88. The molecule has 0 saturated carbocycles. The van der Waals surface area contributed by atoms with E-state index in [9.17, 15) is 0 Å². The van der Waals surface area contributed by atoms with Crippen molar-refractivity contribution in [1.82, 2.24) is 4.98 Å². The van der Waals surface area contributed by atoms with E-state index in [1.165, 1.54) is 6.20 Å². The lowest BCUT2D eigenvalue weighted by Crippen LogP contribution is -1.94. The topological polar surface area (TPSA) is 71.9 Å². The molecule has 2 N–H and O–H groups in total. The molecule has 1 heterocycles. The standard InChI is InChI=1S/C14H13N3O/c1-2-10-3-4-14(13(16)7-10)18-12-5-6-17-11(8-12)9-15/h3-8H,2,16H2,1H3. The zero-order valence-corrected chi connectivity index (χ0v) is 10.1. The number of ether oxygens (including phenoxy) is 1. The van der Waals surface area contributed by atoms with Crippen molar-refractivity contribution in [3.8, 4) is 17.6 Å². The first-order valence-electron chi connectivity index (χ1n) is 5.65. The summed E-state index contributed by atoms with van der Waals surface area (Å²) in [5.74, 6) is 1.14. The summed E-state index contributed by atoms with van der Waals surface area (Å²) in [6.07, 6.45) is 2.46. The molecule has 0 saturated heterocycles. The van der Waals surface area contributed by atoms with Crippen LogP contribution >= 0.6 is 0 Å². The zero-order chi connectivity index (χ0) is 13.0. The van der Waals surface area contributed by atoms with Crippen LogP contribution in [0.1, 0.15) is 18.2 Å². The summed E-state index contributed by atoms with van der Waals surface area (Å²) in [7, 11) is 0. The molecule has 0 aliphatic heterocycles. The van der Waals surface area contributed by atoms with Crippen LogP contribution in [0.4, 0.5) is 5.69 Å². The van der Waals surface area contributed by atoms with Crippen LogP contribution in [0.25, 0.3) is 0 Å². The molecule has 0 fully saturated rings. The Morgan fingerprint density at radius 3 is 2.83 bits per heavy atom. The molecular formula is C14H13N3O. The van der Waals surface area contributed by atoms with Crippen molar-refractivity contribution in [2.75, 3.05) is 5.73 Å². The Labute approximate surface area is 106 Å². The molecule has 0 bridgehead atoms. The van der Waals surface area contributed by atoms with Crippen molar-refractivity contribution in [3.05, 3.63) is 47.8 Å². The highest BCUT2D eigenvalue weighted by Gasteiger charge is 2.04. The van der Waals surface area contributed by atoms with Crippen molar-refractivity contribution in [2.24, 2.45) is 0 Å². The SMILES string of the molecule is CCc1ccc(Oc2ccnc(C#N)c2)c(N)c1. The third-order valence-electron chi connectivity index (χ3n) is 2.56. The number of nitriles is 1. The lowest BCUT2D eigenvalue weighted by molar-refractivity contribution is 0.484. The molecule has 18 heavy (non-hydrogen) atoms. The Morgan fingerprint density at radius 1 is 1.33 bits per heavy atom. The molecule has 4 nitrogen and oxygen atoms in total. The van der Waals surface area contributed by atoms with Crippen LogP contribution in [0.3, 0.4) is 0 Å². The number of benzene rings is 1.